The van der Waals surface area contributed by atoms with E-state index in [1.54, 1.807) is 11.3 Å². The van der Waals surface area contributed by atoms with Crippen LogP contribution in [0, 0.1) is 0 Å². The van der Waals surface area contributed by atoms with Crippen molar-refractivity contribution in [1.82, 2.24) is 24.9 Å². The molecule has 0 aliphatic carbocycles. The molecule has 0 radical (unpaired) electrons. The van der Waals surface area contributed by atoms with E-state index in [1.165, 1.54) is 12.7 Å². The van der Waals surface area contributed by atoms with Crippen LogP contribution in [0.1, 0.15) is 0 Å². The van der Waals surface area contributed by atoms with Crippen LogP contribution in [0.2, 0.25) is 0 Å². The molecule has 7 heteroatoms. The Morgan fingerprint density at radius 3 is 1.53 bits per heavy atom. The summed E-state index contributed by atoms with van der Waals surface area (Å²) in [5, 5.41) is 0.910. The predicted octanol–water partition coefficient (Wildman–Crippen LogP) is 6.68. The monoisotopic (exact) mass is 458 g/mol. The topological polar surface area (TPSA) is 67.7 Å². The highest BCUT2D eigenvalue weighted by Gasteiger charge is 2.17. The minimum Gasteiger partial charge on any atom is -0.286 e. The number of para-hydroxylation sites is 1. The van der Waals surface area contributed by atoms with Gasteiger partial charge in [0, 0.05) is 47.3 Å². The van der Waals surface area contributed by atoms with Gasteiger partial charge in [-0.05, 0) is 47.5 Å². The third-order valence-electron chi connectivity index (χ3n) is 5.51. The van der Waals surface area contributed by atoms with Crippen LogP contribution in [0.25, 0.3) is 32.5 Å². The van der Waals surface area contributed by atoms with Gasteiger partial charge in [-0.3, -0.25) is 4.90 Å². The van der Waals surface area contributed by atoms with Gasteiger partial charge in [0.15, 0.2) is 5.13 Å². The fourth-order valence-corrected chi connectivity index (χ4v) is 4.84. The number of aromatic nitrogens is 5. The smallest absolute Gasteiger partial charge is 0.195 e. The van der Waals surface area contributed by atoms with Crippen molar-refractivity contribution in [3.8, 4) is 22.3 Å². The first kappa shape index (κ1) is 20.1. The third-order valence-corrected chi connectivity index (χ3v) is 6.53. The maximum atomic E-state index is 4.93. The van der Waals surface area contributed by atoms with Crippen LogP contribution < -0.4 is 4.90 Å². The summed E-state index contributed by atoms with van der Waals surface area (Å²) >= 11 is 1.67. The molecular formula is C27H18N6S. The molecule has 0 bridgehead atoms. The average Bonchev–Trinajstić information content (AvgIpc) is 3.34. The zero-order valence-electron chi connectivity index (χ0n) is 18.0. The van der Waals surface area contributed by atoms with Gasteiger partial charge in [0.05, 0.1) is 10.2 Å². The summed E-state index contributed by atoms with van der Waals surface area (Å²) in [4.78, 5) is 23.6. The van der Waals surface area contributed by atoms with Gasteiger partial charge in [-0.25, -0.2) is 24.9 Å². The van der Waals surface area contributed by atoms with Crippen molar-refractivity contribution in [1.29, 1.82) is 0 Å². The summed E-state index contributed by atoms with van der Waals surface area (Å²) in [5.74, 6) is 0. The van der Waals surface area contributed by atoms with E-state index in [-0.39, 0.29) is 0 Å². The zero-order chi connectivity index (χ0) is 22.7. The Hall–Kier alpha value is -4.49. The Labute approximate surface area is 200 Å². The molecule has 6 rings (SSSR count). The van der Waals surface area contributed by atoms with Gasteiger partial charge < -0.3 is 0 Å². The van der Waals surface area contributed by atoms with Gasteiger partial charge in [0.25, 0.3) is 0 Å². The summed E-state index contributed by atoms with van der Waals surface area (Å²) < 4.78 is 1.15. The quantitative estimate of drug-likeness (QED) is 0.287. The van der Waals surface area contributed by atoms with Gasteiger partial charge in [-0.15, -0.1) is 0 Å². The summed E-state index contributed by atoms with van der Waals surface area (Å²) in [5.41, 5.74) is 7.13. The Morgan fingerprint density at radius 1 is 0.529 bits per heavy atom. The lowest BCUT2D eigenvalue weighted by Gasteiger charge is -2.23. The average molecular weight is 459 g/mol. The highest BCUT2D eigenvalue weighted by atomic mass is 32.1. The molecule has 0 amide bonds. The number of hydrogen-bond donors (Lipinski definition) is 0. The second-order valence-corrected chi connectivity index (χ2v) is 8.66. The molecule has 0 spiro atoms. The molecule has 6 aromatic rings. The Balaban J connectivity index is 1.43. The van der Waals surface area contributed by atoms with E-state index in [0.717, 1.165) is 49.0 Å². The standard InChI is InChI=1S/C27H18N6S/c1-2-4-26-25(3-1)32-27(34-26)33(23-9-5-19(6-10-23)21-13-28-17-29-14-21)24-11-7-20(8-12-24)22-15-30-18-31-16-22/h1-18H. The van der Waals surface area contributed by atoms with Gasteiger partial charge in [0.2, 0.25) is 0 Å². The maximum absolute atomic E-state index is 4.93. The Morgan fingerprint density at radius 2 is 1.03 bits per heavy atom. The first-order chi connectivity index (χ1) is 16.8. The summed E-state index contributed by atoms with van der Waals surface area (Å²) in [6, 6.07) is 25.0. The first-order valence-electron chi connectivity index (χ1n) is 10.7. The van der Waals surface area contributed by atoms with Crippen molar-refractivity contribution in [2.45, 2.75) is 0 Å². The normalized spacial score (nSPS) is 10.9. The molecule has 162 valence electrons. The van der Waals surface area contributed by atoms with E-state index < -0.39 is 0 Å². The van der Waals surface area contributed by atoms with E-state index in [2.05, 4.69) is 79.4 Å². The number of anilines is 3. The third kappa shape index (κ3) is 3.89. The lowest BCUT2D eigenvalue weighted by molar-refractivity contribution is 1.17. The number of rotatable bonds is 5. The van der Waals surface area contributed by atoms with Gasteiger partial charge >= 0.3 is 0 Å². The highest BCUT2D eigenvalue weighted by molar-refractivity contribution is 7.22. The lowest BCUT2D eigenvalue weighted by Crippen LogP contribution is -2.09. The van der Waals surface area contributed by atoms with Crippen LogP contribution in [0.3, 0.4) is 0 Å². The largest absolute Gasteiger partial charge is 0.286 e. The van der Waals surface area contributed by atoms with Crippen molar-refractivity contribution in [3.05, 3.63) is 110 Å². The van der Waals surface area contributed by atoms with Crippen LogP contribution >= 0.6 is 11.3 Å². The van der Waals surface area contributed by atoms with Crippen LogP contribution in [0.15, 0.2) is 110 Å². The minimum absolute atomic E-state index is 0.910. The number of nitrogens with zero attached hydrogens (tertiary/aromatic N) is 6. The van der Waals surface area contributed by atoms with Crippen molar-refractivity contribution >= 4 is 38.1 Å². The zero-order valence-corrected chi connectivity index (χ0v) is 18.8. The van der Waals surface area contributed by atoms with Crippen molar-refractivity contribution < 1.29 is 0 Å². The van der Waals surface area contributed by atoms with Crippen molar-refractivity contribution in [3.63, 3.8) is 0 Å². The Kier molecular flexibility index (Phi) is 5.21. The summed E-state index contributed by atoms with van der Waals surface area (Å²) in [6.45, 7) is 0. The Bertz CT molecular complexity index is 1420. The molecule has 3 heterocycles. The SMILES string of the molecule is c1ccc2sc(N(c3ccc(-c4cncnc4)cc3)c3ccc(-c4cncnc4)cc3)nc2c1. The van der Waals surface area contributed by atoms with Crippen molar-refractivity contribution in [2.24, 2.45) is 0 Å². The highest BCUT2D eigenvalue weighted by Crippen LogP contribution is 2.40. The fraction of sp³-hybridized carbons (Fsp3) is 0. The van der Waals surface area contributed by atoms with Gasteiger partial charge in [-0.1, -0.05) is 47.7 Å². The van der Waals surface area contributed by atoms with E-state index in [4.69, 9.17) is 4.98 Å². The van der Waals surface area contributed by atoms with E-state index in [9.17, 15) is 0 Å². The van der Waals surface area contributed by atoms with Crippen LogP contribution in [-0.4, -0.2) is 24.9 Å². The molecular weight excluding hydrogens is 440 g/mol. The van der Waals surface area contributed by atoms with Crippen molar-refractivity contribution in [2.75, 3.05) is 4.90 Å². The molecule has 0 aliphatic heterocycles. The molecule has 0 saturated heterocycles. The van der Waals surface area contributed by atoms with Crippen LogP contribution in [0.4, 0.5) is 16.5 Å². The number of fused-ring (bicyclic) bond motifs is 1. The minimum atomic E-state index is 0.910. The molecule has 0 N–H and O–H groups in total. The molecule has 0 fully saturated rings. The number of hydrogen-bond acceptors (Lipinski definition) is 7. The first-order valence-corrected chi connectivity index (χ1v) is 11.5. The van der Waals surface area contributed by atoms with E-state index in [1.807, 2.05) is 43.0 Å². The van der Waals surface area contributed by atoms with E-state index >= 15 is 0 Å². The number of benzene rings is 3. The molecule has 0 unspecified atom stereocenters. The second-order valence-electron chi connectivity index (χ2n) is 7.65. The fourth-order valence-electron chi connectivity index (χ4n) is 3.83. The second kappa shape index (κ2) is 8.80. The van der Waals surface area contributed by atoms with Crippen LogP contribution in [-0.2, 0) is 0 Å². The number of thiazole rings is 1. The van der Waals surface area contributed by atoms with Gasteiger partial charge in [-0.2, -0.15) is 0 Å². The molecule has 0 aliphatic rings. The summed E-state index contributed by atoms with van der Waals surface area (Å²) in [6.07, 6.45) is 10.4. The molecule has 34 heavy (non-hydrogen) atoms. The van der Waals surface area contributed by atoms with E-state index in [0.29, 0.717) is 0 Å². The summed E-state index contributed by atoms with van der Waals surface area (Å²) in [7, 11) is 0. The maximum Gasteiger partial charge on any atom is 0.195 e. The van der Waals surface area contributed by atoms with Gasteiger partial charge in [0.1, 0.15) is 12.7 Å². The molecule has 0 saturated carbocycles. The molecule has 3 aromatic carbocycles. The molecule has 0 atom stereocenters. The lowest BCUT2D eigenvalue weighted by atomic mass is 10.1. The molecule has 6 nitrogen and oxygen atoms in total. The molecule has 3 aromatic heterocycles. The predicted molar refractivity (Wildman–Crippen MR) is 136 cm³/mol. The van der Waals surface area contributed by atoms with Crippen LogP contribution in [0.5, 0.6) is 0 Å².